The van der Waals surface area contributed by atoms with Gasteiger partial charge in [-0.1, -0.05) is 38.5 Å². The monoisotopic (exact) mass is 285 g/mol. The molecular weight excluding hydrogens is 262 g/mol. The Morgan fingerprint density at radius 3 is 2.48 bits per heavy atom. The van der Waals surface area contributed by atoms with Crippen LogP contribution in [0.5, 0.6) is 11.6 Å². The van der Waals surface area contributed by atoms with Gasteiger partial charge in [-0.25, -0.2) is 4.98 Å². The number of rotatable bonds is 3. The first-order chi connectivity index (χ1) is 9.77. The van der Waals surface area contributed by atoms with Gasteiger partial charge in [-0.3, -0.25) is 0 Å². The Morgan fingerprint density at radius 2 is 1.86 bits per heavy atom. The molecule has 1 heterocycles. The Labute approximate surface area is 126 Å². The number of benzene rings is 1. The predicted octanol–water partition coefficient (Wildman–Crippen LogP) is 4.53. The highest BCUT2D eigenvalue weighted by atomic mass is 16.5. The Balaban J connectivity index is 2.38. The summed E-state index contributed by atoms with van der Waals surface area (Å²) in [4.78, 5) is 4.23. The molecule has 0 aliphatic carbocycles. The summed E-state index contributed by atoms with van der Waals surface area (Å²) in [6.07, 6.45) is 1.12. The lowest BCUT2D eigenvalue weighted by atomic mass is 9.85. The summed E-state index contributed by atoms with van der Waals surface area (Å²) in [6.45, 7) is 10.3. The van der Waals surface area contributed by atoms with Gasteiger partial charge in [0.25, 0.3) is 0 Å². The smallest absolute Gasteiger partial charge is 0.219 e. The molecule has 0 aliphatic rings. The fourth-order valence-electron chi connectivity index (χ4n) is 2.17. The lowest BCUT2D eigenvalue weighted by Crippen LogP contribution is -2.13. The highest BCUT2D eigenvalue weighted by Gasteiger charge is 2.20. The van der Waals surface area contributed by atoms with E-state index in [0.717, 1.165) is 16.9 Å². The molecule has 2 aromatic rings. The molecule has 0 unspecified atom stereocenters. The van der Waals surface area contributed by atoms with Crippen LogP contribution in [0.1, 0.15) is 50.5 Å². The zero-order valence-corrected chi connectivity index (χ0v) is 13.3. The van der Waals surface area contributed by atoms with Crippen LogP contribution in [-0.4, -0.2) is 10.1 Å². The van der Waals surface area contributed by atoms with Gasteiger partial charge in [0, 0.05) is 17.8 Å². The second-order valence-corrected chi connectivity index (χ2v) is 6.46. The number of aliphatic hydroxyl groups is 1. The van der Waals surface area contributed by atoms with Crippen molar-refractivity contribution in [2.24, 2.45) is 0 Å². The number of aryl methyl sites for hydroxylation is 1. The van der Waals surface area contributed by atoms with Crippen LogP contribution >= 0.6 is 0 Å². The van der Waals surface area contributed by atoms with Gasteiger partial charge >= 0.3 is 0 Å². The maximum Gasteiger partial charge on any atom is 0.219 e. The van der Waals surface area contributed by atoms with Gasteiger partial charge in [0.05, 0.1) is 6.10 Å². The Hall–Kier alpha value is -1.87. The second kappa shape index (κ2) is 5.86. The molecule has 0 aliphatic heterocycles. The van der Waals surface area contributed by atoms with E-state index in [2.05, 4.69) is 38.7 Å². The minimum Gasteiger partial charge on any atom is -0.439 e. The molecule has 2 rings (SSSR count). The standard InChI is InChI=1S/C18H23NO2/c1-12-6-7-16(15(10-12)18(3,4)5)21-17-11-14(13(2)20)8-9-19-17/h6-11,13,20H,1-5H3/t13-/m0/s1. The topological polar surface area (TPSA) is 42.4 Å². The third-order valence-corrected chi connectivity index (χ3v) is 3.40. The second-order valence-electron chi connectivity index (χ2n) is 6.46. The Kier molecular flexibility index (Phi) is 4.33. The van der Waals surface area contributed by atoms with Gasteiger partial charge in [-0.2, -0.15) is 0 Å². The van der Waals surface area contributed by atoms with E-state index in [1.165, 1.54) is 5.56 Å². The average Bonchev–Trinajstić information content (AvgIpc) is 2.40. The maximum absolute atomic E-state index is 9.65. The summed E-state index contributed by atoms with van der Waals surface area (Å²) < 4.78 is 5.96. The number of aromatic nitrogens is 1. The number of aliphatic hydroxyl groups excluding tert-OH is 1. The van der Waals surface area contributed by atoms with Crippen molar-refractivity contribution in [1.29, 1.82) is 0 Å². The van der Waals surface area contributed by atoms with Gasteiger partial charge in [0.15, 0.2) is 0 Å². The number of hydrogen-bond acceptors (Lipinski definition) is 3. The number of pyridine rings is 1. The summed E-state index contributed by atoms with van der Waals surface area (Å²) >= 11 is 0. The Morgan fingerprint density at radius 1 is 1.14 bits per heavy atom. The first kappa shape index (κ1) is 15.5. The van der Waals surface area contributed by atoms with E-state index in [4.69, 9.17) is 4.74 Å². The van der Waals surface area contributed by atoms with Crippen molar-refractivity contribution in [3.63, 3.8) is 0 Å². The van der Waals surface area contributed by atoms with E-state index >= 15 is 0 Å². The van der Waals surface area contributed by atoms with Crippen molar-refractivity contribution in [3.8, 4) is 11.6 Å². The molecule has 0 fully saturated rings. The third-order valence-electron chi connectivity index (χ3n) is 3.40. The van der Waals surface area contributed by atoms with Crippen molar-refractivity contribution in [1.82, 2.24) is 4.98 Å². The number of hydrogen-bond donors (Lipinski definition) is 1. The van der Waals surface area contributed by atoms with Crippen LogP contribution in [0.15, 0.2) is 36.5 Å². The zero-order valence-electron chi connectivity index (χ0n) is 13.3. The summed E-state index contributed by atoms with van der Waals surface area (Å²) in [6, 6.07) is 9.72. The normalized spacial score (nSPS) is 13.0. The molecule has 0 spiro atoms. The number of ether oxygens (including phenoxy) is 1. The van der Waals surface area contributed by atoms with Gasteiger partial charge in [-0.15, -0.1) is 0 Å². The quantitative estimate of drug-likeness (QED) is 0.900. The van der Waals surface area contributed by atoms with Crippen molar-refractivity contribution in [3.05, 3.63) is 53.2 Å². The van der Waals surface area contributed by atoms with Crippen LogP contribution in [0.3, 0.4) is 0 Å². The van der Waals surface area contributed by atoms with Crippen LogP contribution in [-0.2, 0) is 5.41 Å². The highest BCUT2D eigenvalue weighted by Crippen LogP contribution is 2.34. The lowest BCUT2D eigenvalue weighted by Gasteiger charge is -2.23. The van der Waals surface area contributed by atoms with E-state index < -0.39 is 6.10 Å². The molecule has 1 atom stereocenters. The molecule has 0 amide bonds. The van der Waals surface area contributed by atoms with Gasteiger partial charge in [0.2, 0.25) is 5.88 Å². The molecule has 3 nitrogen and oxygen atoms in total. The van der Waals surface area contributed by atoms with Crippen LogP contribution in [0.4, 0.5) is 0 Å². The molecule has 112 valence electrons. The molecule has 3 heteroatoms. The lowest BCUT2D eigenvalue weighted by molar-refractivity contribution is 0.198. The van der Waals surface area contributed by atoms with Crippen molar-refractivity contribution >= 4 is 0 Å². The Bertz CT molecular complexity index is 627. The van der Waals surface area contributed by atoms with Crippen molar-refractivity contribution in [2.45, 2.75) is 46.1 Å². The molecule has 0 saturated heterocycles. The zero-order chi connectivity index (χ0) is 15.6. The third kappa shape index (κ3) is 3.82. The minimum absolute atomic E-state index is 0.0107. The average molecular weight is 285 g/mol. The summed E-state index contributed by atoms with van der Waals surface area (Å²) in [5.74, 6) is 1.31. The molecule has 21 heavy (non-hydrogen) atoms. The van der Waals surface area contributed by atoms with Crippen LogP contribution < -0.4 is 4.74 Å². The van der Waals surface area contributed by atoms with E-state index in [0.29, 0.717) is 5.88 Å². The van der Waals surface area contributed by atoms with Gasteiger partial charge < -0.3 is 9.84 Å². The van der Waals surface area contributed by atoms with Crippen LogP contribution in [0.2, 0.25) is 0 Å². The van der Waals surface area contributed by atoms with Crippen LogP contribution in [0.25, 0.3) is 0 Å². The fraction of sp³-hybridized carbons (Fsp3) is 0.389. The van der Waals surface area contributed by atoms with E-state index in [9.17, 15) is 5.11 Å². The molecule has 0 radical (unpaired) electrons. The molecule has 0 saturated carbocycles. The van der Waals surface area contributed by atoms with E-state index in [1.807, 2.05) is 12.1 Å². The molecule has 1 aromatic carbocycles. The molecular formula is C18H23NO2. The summed E-state index contributed by atoms with van der Waals surface area (Å²) in [5.41, 5.74) is 3.14. The molecule has 1 aromatic heterocycles. The maximum atomic E-state index is 9.65. The summed E-state index contributed by atoms with van der Waals surface area (Å²) in [5, 5.41) is 9.65. The fourth-order valence-corrected chi connectivity index (χ4v) is 2.17. The van der Waals surface area contributed by atoms with Crippen molar-refractivity contribution in [2.75, 3.05) is 0 Å². The van der Waals surface area contributed by atoms with Crippen LogP contribution in [0, 0.1) is 6.92 Å². The highest BCUT2D eigenvalue weighted by molar-refractivity contribution is 5.43. The van der Waals surface area contributed by atoms with Gasteiger partial charge in [0.1, 0.15) is 5.75 Å². The SMILES string of the molecule is Cc1ccc(Oc2cc([C@H](C)O)ccn2)c(C(C)(C)C)c1. The van der Waals surface area contributed by atoms with E-state index in [-0.39, 0.29) is 5.41 Å². The first-order valence-electron chi connectivity index (χ1n) is 7.20. The molecule has 0 bridgehead atoms. The van der Waals surface area contributed by atoms with E-state index in [1.54, 1.807) is 25.3 Å². The first-order valence-corrected chi connectivity index (χ1v) is 7.20. The largest absolute Gasteiger partial charge is 0.439 e. The van der Waals surface area contributed by atoms with Gasteiger partial charge in [-0.05, 0) is 37.0 Å². The van der Waals surface area contributed by atoms with Crippen molar-refractivity contribution < 1.29 is 9.84 Å². The molecule has 1 N–H and O–H groups in total. The minimum atomic E-state index is -0.532. The predicted molar refractivity (Wildman–Crippen MR) is 84.8 cm³/mol. The number of nitrogens with zero attached hydrogens (tertiary/aromatic N) is 1. The summed E-state index contributed by atoms with van der Waals surface area (Å²) in [7, 11) is 0.